The van der Waals surface area contributed by atoms with E-state index in [0.717, 1.165) is 0 Å². The zero-order valence-electron chi connectivity index (χ0n) is 10.2. The molecule has 0 spiro atoms. The summed E-state index contributed by atoms with van der Waals surface area (Å²) >= 11 is 0. The van der Waals surface area contributed by atoms with Crippen LogP contribution in [0.1, 0.15) is 5.56 Å². The number of nitrogens with two attached hydrogens (primary N) is 1. The molecule has 5 heteroatoms. The van der Waals surface area contributed by atoms with Gasteiger partial charge in [-0.2, -0.15) is 0 Å². The van der Waals surface area contributed by atoms with E-state index in [-0.39, 0.29) is 17.6 Å². The Morgan fingerprint density at radius 1 is 1.11 bits per heavy atom. The SMILES string of the molecule is Cc1cc(-n2c(N)nc3ccc(F)cc32)ccc1F. The second-order valence-electron chi connectivity index (χ2n) is 4.37. The fourth-order valence-corrected chi connectivity index (χ4v) is 2.11. The number of hydrogen-bond acceptors (Lipinski definition) is 2. The number of aromatic nitrogens is 2. The van der Waals surface area contributed by atoms with E-state index in [9.17, 15) is 8.78 Å². The Bertz CT molecular complexity index is 778. The molecule has 1 heterocycles. The van der Waals surface area contributed by atoms with Crippen LogP contribution in [-0.4, -0.2) is 9.55 Å². The highest BCUT2D eigenvalue weighted by Gasteiger charge is 2.11. The number of fused-ring (bicyclic) bond motifs is 1. The molecule has 3 rings (SSSR count). The van der Waals surface area contributed by atoms with Gasteiger partial charge in [0.25, 0.3) is 0 Å². The zero-order valence-corrected chi connectivity index (χ0v) is 10.2. The number of benzene rings is 2. The van der Waals surface area contributed by atoms with E-state index in [1.165, 1.54) is 18.2 Å². The van der Waals surface area contributed by atoms with E-state index in [0.29, 0.717) is 22.3 Å². The Labute approximate surface area is 108 Å². The highest BCUT2D eigenvalue weighted by atomic mass is 19.1. The lowest BCUT2D eigenvalue weighted by Gasteiger charge is -2.08. The summed E-state index contributed by atoms with van der Waals surface area (Å²) in [5.41, 5.74) is 8.17. The maximum atomic E-state index is 13.3. The van der Waals surface area contributed by atoms with Crippen molar-refractivity contribution in [2.45, 2.75) is 6.92 Å². The van der Waals surface area contributed by atoms with Crippen molar-refractivity contribution in [2.75, 3.05) is 5.73 Å². The first kappa shape index (κ1) is 11.6. The van der Waals surface area contributed by atoms with Crippen molar-refractivity contribution < 1.29 is 8.78 Å². The molecule has 0 saturated heterocycles. The fraction of sp³-hybridized carbons (Fsp3) is 0.0714. The molecule has 0 bridgehead atoms. The Balaban J connectivity index is 2.31. The van der Waals surface area contributed by atoms with Gasteiger partial charge < -0.3 is 5.73 Å². The molecule has 0 radical (unpaired) electrons. The molecule has 1 aromatic heterocycles. The van der Waals surface area contributed by atoms with Crippen LogP contribution in [0, 0.1) is 18.6 Å². The molecule has 3 aromatic rings. The van der Waals surface area contributed by atoms with Crippen LogP contribution in [0.3, 0.4) is 0 Å². The molecule has 2 N–H and O–H groups in total. The third-order valence-electron chi connectivity index (χ3n) is 3.04. The Hall–Kier alpha value is -2.43. The molecule has 3 nitrogen and oxygen atoms in total. The summed E-state index contributed by atoms with van der Waals surface area (Å²) in [7, 11) is 0. The molecule has 0 aliphatic heterocycles. The standard InChI is InChI=1S/C14H11F2N3/c1-8-6-10(3-4-11(8)16)19-13-7-9(15)2-5-12(13)18-14(19)17/h2-7H,1H3,(H2,17,18). The van der Waals surface area contributed by atoms with Gasteiger partial charge in [0.1, 0.15) is 11.6 Å². The second kappa shape index (κ2) is 4.05. The molecule has 2 aromatic carbocycles. The van der Waals surface area contributed by atoms with E-state index in [1.54, 1.807) is 29.7 Å². The van der Waals surface area contributed by atoms with Gasteiger partial charge in [-0.05, 0) is 42.8 Å². The number of anilines is 1. The Morgan fingerprint density at radius 3 is 2.63 bits per heavy atom. The van der Waals surface area contributed by atoms with Crippen molar-refractivity contribution >= 4 is 17.0 Å². The minimum atomic E-state index is -0.368. The van der Waals surface area contributed by atoms with Crippen molar-refractivity contribution in [3.05, 3.63) is 53.6 Å². The van der Waals surface area contributed by atoms with Crippen LogP contribution in [0.5, 0.6) is 0 Å². The van der Waals surface area contributed by atoms with Gasteiger partial charge in [-0.3, -0.25) is 4.57 Å². The molecular weight excluding hydrogens is 248 g/mol. The first-order valence-corrected chi connectivity index (χ1v) is 5.76. The molecular formula is C14H11F2N3. The number of halogens is 2. The van der Waals surface area contributed by atoms with Crippen LogP contribution in [0.4, 0.5) is 14.7 Å². The number of imidazole rings is 1. The van der Waals surface area contributed by atoms with Gasteiger partial charge in [-0.15, -0.1) is 0 Å². The number of aryl methyl sites for hydroxylation is 1. The van der Waals surface area contributed by atoms with Crippen molar-refractivity contribution in [3.63, 3.8) is 0 Å². The molecule has 0 unspecified atom stereocenters. The monoisotopic (exact) mass is 259 g/mol. The summed E-state index contributed by atoms with van der Waals surface area (Å²) in [6.07, 6.45) is 0. The first-order chi connectivity index (χ1) is 9.06. The van der Waals surface area contributed by atoms with Crippen molar-refractivity contribution in [3.8, 4) is 5.69 Å². The first-order valence-electron chi connectivity index (χ1n) is 5.76. The predicted molar refractivity (Wildman–Crippen MR) is 70.1 cm³/mol. The van der Waals surface area contributed by atoms with E-state index >= 15 is 0 Å². The van der Waals surface area contributed by atoms with Crippen LogP contribution < -0.4 is 5.73 Å². The fourth-order valence-electron chi connectivity index (χ4n) is 2.11. The molecule has 0 atom stereocenters. The average molecular weight is 259 g/mol. The quantitative estimate of drug-likeness (QED) is 0.729. The smallest absolute Gasteiger partial charge is 0.205 e. The van der Waals surface area contributed by atoms with Crippen LogP contribution in [0.25, 0.3) is 16.7 Å². The van der Waals surface area contributed by atoms with Crippen molar-refractivity contribution in [2.24, 2.45) is 0 Å². The minimum Gasteiger partial charge on any atom is -0.369 e. The molecule has 0 aliphatic rings. The number of rotatable bonds is 1. The summed E-state index contributed by atoms with van der Waals surface area (Å²) < 4.78 is 28.2. The van der Waals surface area contributed by atoms with Crippen LogP contribution >= 0.6 is 0 Å². The van der Waals surface area contributed by atoms with Crippen LogP contribution in [0.2, 0.25) is 0 Å². The summed E-state index contributed by atoms with van der Waals surface area (Å²) in [6.45, 7) is 1.66. The van der Waals surface area contributed by atoms with Gasteiger partial charge in [0.05, 0.1) is 11.0 Å². The second-order valence-corrected chi connectivity index (χ2v) is 4.37. The highest BCUT2D eigenvalue weighted by molar-refractivity contribution is 5.80. The topological polar surface area (TPSA) is 43.8 Å². The maximum Gasteiger partial charge on any atom is 0.205 e. The van der Waals surface area contributed by atoms with E-state index < -0.39 is 0 Å². The molecule has 0 saturated carbocycles. The zero-order chi connectivity index (χ0) is 13.6. The lowest BCUT2D eigenvalue weighted by atomic mass is 10.2. The van der Waals surface area contributed by atoms with Gasteiger partial charge in [0.2, 0.25) is 5.95 Å². The van der Waals surface area contributed by atoms with Gasteiger partial charge >= 0.3 is 0 Å². The summed E-state index contributed by atoms with van der Waals surface area (Å²) in [4.78, 5) is 4.16. The van der Waals surface area contributed by atoms with Gasteiger partial charge in [-0.1, -0.05) is 0 Å². The Morgan fingerprint density at radius 2 is 1.89 bits per heavy atom. The summed E-state index contributed by atoms with van der Waals surface area (Å²) in [6, 6.07) is 8.85. The molecule has 19 heavy (non-hydrogen) atoms. The molecule has 96 valence electrons. The minimum absolute atomic E-state index is 0.242. The third-order valence-corrected chi connectivity index (χ3v) is 3.04. The van der Waals surface area contributed by atoms with Crippen LogP contribution in [0.15, 0.2) is 36.4 Å². The van der Waals surface area contributed by atoms with E-state index in [2.05, 4.69) is 4.98 Å². The van der Waals surface area contributed by atoms with E-state index in [4.69, 9.17) is 5.73 Å². The third kappa shape index (κ3) is 1.83. The number of nitrogen functional groups attached to an aromatic ring is 1. The molecule has 0 fully saturated rings. The maximum absolute atomic E-state index is 13.3. The molecule has 0 amide bonds. The lowest BCUT2D eigenvalue weighted by Crippen LogP contribution is -2.01. The summed E-state index contributed by atoms with van der Waals surface area (Å²) in [5, 5.41) is 0. The molecule has 0 aliphatic carbocycles. The Kier molecular flexibility index (Phi) is 2.48. The predicted octanol–water partition coefficient (Wildman–Crippen LogP) is 3.19. The normalized spacial score (nSPS) is 11.1. The van der Waals surface area contributed by atoms with E-state index in [1.807, 2.05) is 0 Å². The summed E-state index contributed by atoms with van der Waals surface area (Å²) in [5.74, 6) is -0.419. The van der Waals surface area contributed by atoms with Gasteiger partial charge in [0, 0.05) is 11.8 Å². The van der Waals surface area contributed by atoms with Crippen molar-refractivity contribution in [1.29, 1.82) is 0 Å². The lowest BCUT2D eigenvalue weighted by molar-refractivity contribution is 0.618. The van der Waals surface area contributed by atoms with Crippen molar-refractivity contribution in [1.82, 2.24) is 9.55 Å². The number of hydrogen-bond donors (Lipinski definition) is 1. The van der Waals surface area contributed by atoms with Gasteiger partial charge in [0.15, 0.2) is 0 Å². The number of nitrogens with zero attached hydrogens (tertiary/aromatic N) is 2. The largest absolute Gasteiger partial charge is 0.369 e. The highest BCUT2D eigenvalue weighted by Crippen LogP contribution is 2.24. The van der Waals surface area contributed by atoms with Crippen LogP contribution in [-0.2, 0) is 0 Å². The van der Waals surface area contributed by atoms with Gasteiger partial charge in [-0.25, -0.2) is 13.8 Å². The average Bonchev–Trinajstić information content (AvgIpc) is 2.68.